The van der Waals surface area contributed by atoms with Crippen LogP contribution in [0.1, 0.15) is 117 Å². The average Bonchev–Trinajstić information content (AvgIpc) is 2.67. The molecular weight excluding hydrogens is 336 g/mol. The van der Waals surface area contributed by atoms with Gasteiger partial charge in [0, 0.05) is 0 Å². The zero-order valence-corrected chi connectivity index (χ0v) is 18.3. The van der Waals surface area contributed by atoms with Gasteiger partial charge in [0.1, 0.15) is 5.60 Å². The van der Waals surface area contributed by atoms with Crippen LogP contribution in [0.2, 0.25) is 0 Å². The Balaban J connectivity index is 1.63. The van der Waals surface area contributed by atoms with E-state index in [1.807, 2.05) is 0 Å². The summed E-state index contributed by atoms with van der Waals surface area (Å²) in [5, 5.41) is 0. The summed E-state index contributed by atoms with van der Waals surface area (Å²) in [5.41, 5.74) is -0.310. The van der Waals surface area contributed by atoms with Gasteiger partial charge < -0.3 is 9.47 Å². The first-order valence-corrected chi connectivity index (χ1v) is 11.9. The molecule has 0 aromatic rings. The number of carbonyl (C=O) groups excluding carboxylic acids is 1. The fraction of sp³-hybridized carbons (Fsp3) is 0.958. The Morgan fingerprint density at radius 2 is 1.48 bits per heavy atom. The summed E-state index contributed by atoms with van der Waals surface area (Å²) >= 11 is 0. The van der Waals surface area contributed by atoms with E-state index in [1.54, 1.807) is 0 Å². The van der Waals surface area contributed by atoms with Crippen LogP contribution in [0.15, 0.2) is 0 Å². The summed E-state index contributed by atoms with van der Waals surface area (Å²) in [4.78, 5) is 12.0. The first-order valence-electron chi connectivity index (χ1n) is 11.9. The van der Waals surface area contributed by atoms with Crippen molar-refractivity contribution in [3.63, 3.8) is 0 Å². The standard InChI is InChI=1S/C24H44O3/c1-4-6-8-9-19-26-23(25)27-24(3)17-15-22(16-18-24)21-13-11-20(12-14-21)10-7-5-2/h20-22H,4-19H2,1-3H3. The molecule has 2 aliphatic carbocycles. The molecule has 158 valence electrons. The summed E-state index contributed by atoms with van der Waals surface area (Å²) in [6, 6.07) is 0. The maximum Gasteiger partial charge on any atom is 0.508 e. The summed E-state index contributed by atoms with van der Waals surface area (Å²) in [7, 11) is 0. The van der Waals surface area contributed by atoms with Gasteiger partial charge in [0.15, 0.2) is 0 Å². The van der Waals surface area contributed by atoms with E-state index in [9.17, 15) is 4.79 Å². The fourth-order valence-corrected chi connectivity index (χ4v) is 5.18. The van der Waals surface area contributed by atoms with Crippen LogP contribution in [-0.4, -0.2) is 18.4 Å². The second-order valence-electron chi connectivity index (χ2n) is 9.47. The Morgan fingerprint density at radius 3 is 2.11 bits per heavy atom. The average molecular weight is 381 g/mol. The third-order valence-electron chi connectivity index (χ3n) is 7.16. The molecule has 2 saturated carbocycles. The topological polar surface area (TPSA) is 35.5 Å². The van der Waals surface area contributed by atoms with Gasteiger partial charge in [-0.2, -0.15) is 0 Å². The monoisotopic (exact) mass is 380 g/mol. The molecule has 2 aliphatic rings. The van der Waals surface area contributed by atoms with Gasteiger partial charge in [-0.15, -0.1) is 0 Å². The number of carbonyl (C=O) groups is 1. The van der Waals surface area contributed by atoms with Gasteiger partial charge in [0.2, 0.25) is 0 Å². The summed E-state index contributed by atoms with van der Waals surface area (Å²) < 4.78 is 11.0. The minimum atomic E-state index is -0.455. The summed E-state index contributed by atoms with van der Waals surface area (Å²) in [5.74, 6) is 2.75. The number of unbranched alkanes of at least 4 members (excludes halogenated alkanes) is 4. The smallest absolute Gasteiger partial charge is 0.434 e. The SMILES string of the molecule is CCCCCCOC(=O)OC1(C)CCC(C2CCC(CCCC)CC2)CC1. The fourth-order valence-electron chi connectivity index (χ4n) is 5.18. The van der Waals surface area contributed by atoms with Crippen LogP contribution in [0.3, 0.4) is 0 Å². The van der Waals surface area contributed by atoms with Gasteiger partial charge in [-0.25, -0.2) is 4.79 Å². The number of ether oxygens (including phenoxy) is 2. The second kappa shape index (κ2) is 12.0. The molecule has 0 bridgehead atoms. The van der Waals surface area contributed by atoms with E-state index in [4.69, 9.17) is 9.47 Å². The third kappa shape index (κ3) is 8.03. The molecule has 0 radical (unpaired) electrons. The minimum Gasteiger partial charge on any atom is -0.434 e. The highest BCUT2D eigenvalue weighted by Crippen LogP contribution is 2.44. The van der Waals surface area contributed by atoms with Crippen molar-refractivity contribution in [2.75, 3.05) is 6.61 Å². The molecule has 0 spiro atoms. The van der Waals surface area contributed by atoms with Crippen LogP contribution in [0, 0.1) is 17.8 Å². The van der Waals surface area contributed by atoms with Crippen molar-refractivity contribution >= 4 is 6.16 Å². The molecule has 0 saturated heterocycles. The molecule has 0 aromatic carbocycles. The Labute approximate surface area is 168 Å². The number of rotatable bonds is 10. The molecule has 0 unspecified atom stereocenters. The molecule has 0 aliphatic heterocycles. The van der Waals surface area contributed by atoms with E-state index >= 15 is 0 Å². The van der Waals surface area contributed by atoms with Gasteiger partial charge >= 0.3 is 6.16 Å². The molecule has 3 heteroatoms. The second-order valence-corrected chi connectivity index (χ2v) is 9.47. The van der Waals surface area contributed by atoms with Crippen molar-refractivity contribution in [3.05, 3.63) is 0 Å². The van der Waals surface area contributed by atoms with Crippen LogP contribution in [0.5, 0.6) is 0 Å². The lowest BCUT2D eigenvalue weighted by Gasteiger charge is -2.41. The minimum absolute atomic E-state index is 0.310. The molecule has 2 fully saturated rings. The number of hydrogen-bond donors (Lipinski definition) is 0. The van der Waals surface area contributed by atoms with Crippen molar-refractivity contribution in [2.24, 2.45) is 17.8 Å². The van der Waals surface area contributed by atoms with E-state index in [1.165, 1.54) is 70.6 Å². The highest BCUT2D eigenvalue weighted by Gasteiger charge is 2.38. The van der Waals surface area contributed by atoms with Gasteiger partial charge in [-0.05, 0) is 69.6 Å². The molecule has 0 amide bonds. The molecule has 0 N–H and O–H groups in total. The predicted octanol–water partition coefficient (Wildman–Crippen LogP) is 7.67. The van der Waals surface area contributed by atoms with Crippen molar-refractivity contribution in [1.82, 2.24) is 0 Å². The quantitative estimate of drug-likeness (QED) is 0.288. The molecule has 0 aromatic heterocycles. The zero-order valence-electron chi connectivity index (χ0n) is 18.3. The predicted molar refractivity (Wildman–Crippen MR) is 112 cm³/mol. The van der Waals surface area contributed by atoms with Gasteiger partial charge in [-0.1, -0.05) is 65.2 Å². The maximum absolute atomic E-state index is 12.0. The van der Waals surface area contributed by atoms with Crippen molar-refractivity contribution in [3.8, 4) is 0 Å². The Morgan fingerprint density at radius 1 is 0.852 bits per heavy atom. The van der Waals surface area contributed by atoms with Crippen molar-refractivity contribution < 1.29 is 14.3 Å². The first-order chi connectivity index (χ1) is 13.1. The summed E-state index contributed by atoms with van der Waals surface area (Å²) in [6.07, 6.45) is 18.4. The lowest BCUT2D eigenvalue weighted by Crippen LogP contribution is -2.38. The van der Waals surface area contributed by atoms with Crippen LogP contribution in [0.25, 0.3) is 0 Å². The lowest BCUT2D eigenvalue weighted by molar-refractivity contribution is -0.0568. The Bertz CT molecular complexity index is 404. The molecular formula is C24H44O3. The van der Waals surface area contributed by atoms with E-state index in [0.717, 1.165) is 43.4 Å². The molecule has 27 heavy (non-hydrogen) atoms. The van der Waals surface area contributed by atoms with Crippen molar-refractivity contribution in [1.29, 1.82) is 0 Å². The Hall–Kier alpha value is -0.730. The number of hydrogen-bond acceptors (Lipinski definition) is 3. The van der Waals surface area contributed by atoms with Crippen LogP contribution < -0.4 is 0 Å². The van der Waals surface area contributed by atoms with Gasteiger partial charge in [0.05, 0.1) is 6.61 Å². The summed E-state index contributed by atoms with van der Waals surface area (Å²) in [6.45, 7) is 7.08. The Kier molecular flexibility index (Phi) is 10.00. The van der Waals surface area contributed by atoms with E-state index in [2.05, 4.69) is 20.8 Å². The van der Waals surface area contributed by atoms with E-state index in [-0.39, 0.29) is 5.60 Å². The van der Waals surface area contributed by atoms with Crippen molar-refractivity contribution in [2.45, 2.75) is 123 Å². The first kappa shape index (κ1) is 22.6. The molecule has 0 heterocycles. The normalized spacial score (nSPS) is 31.4. The largest absolute Gasteiger partial charge is 0.508 e. The van der Waals surface area contributed by atoms with Crippen LogP contribution in [0.4, 0.5) is 4.79 Å². The van der Waals surface area contributed by atoms with E-state index in [0.29, 0.717) is 6.61 Å². The molecule has 2 rings (SSSR count). The van der Waals surface area contributed by atoms with E-state index < -0.39 is 6.16 Å². The highest BCUT2D eigenvalue weighted by molar-refractivity contribution is 5.60. The van der Waals surface area contributed by atoms with Crippen LogP contribution in [-0.2, 0) is 9.47 Å². The van der Waals surface area contributed by atoms with Gasteiger partial charge in [0.25, 0.3) is 0 Å². The molecule has 0 atom stereocenters. The lowest BCUT2D eigenvalue weighted by atomic mass is 9.68. The molecule has 3 nitrogen and oxygen atoms in total. The van der Waals surface area contributed by atoms with Gasteiger partial charge in [-0.3, -0.25) is 0 Å². The maximum atomic E-state index is 12.0. The highest BCUT2D eigenvalue weighted by atomic mass is 16.7. The third-order valence-corrected chi connectivity index (χ3v) is 7.16. The van der Waals surface area contributed by atoms with Crippen LogP contribution >= 0.6 is 0 Å². The zero-order chi connectivity index (χ0) is 19.5.